The third-order valence-corrected chi connectivity index (χ3v) is 5.47. The van der Waals surface area contributed by atoms with E-state index < -0.39 is 0 Å². The lowest BCUT2D eigenvalue weighted by Crippen LogP contribution is -2.48. The molecular formula is C21H22N8O. The first-order valence-corrected chi connectivity index (χ1v) is 9.86. The quantitative estimate of drug-likeness (QED) is 0.720. The second-order valence-electron chi connectivity index (χ2n) is 7.62. The second-order valence-corrected chi connectivity index (χ2v) is 7.62. The van der Waals surface area contributed by atoms with Crippen molar-refractivity contribution in [2.75, 3.05) is 47.2 Å². The van der Waals surface area contributed by atoms with Gasteiger partial charge in [0.05, 0.1) is 23.6 Å². The monoisotopic (exact) mass is 402 g/mol. The van der Waals surface area contributed by atoms with Gasteiger partial charge in [0.15, 0.2) is 11.6 Å². The Kier molecular flexibility index (Phi) is 4.42. The van der Waals surface area contributed by atoms with Gasteiger partial charge in [-0.3, -0.25) is 15.2 Å². The van der Waals surface area contributed by atoms with Gasteiger partial charge in [-0.15, -0.1) is 0 Å². The lowest BCUT2D eigenvalue weighted by Gasteiger charge is -2.35. The van der Waals surface area contributed by atoms with Crippen LogP contribution < -0.4 is 20.0 Å². The van der Waals surface area contributed by atoms with Crippen molar-refractivity contribution in [1.82, 2.24) is 19.9 Å². The normalized spacial score (nSPS) is 16.9. The highest BCUT2D eigenvalue weighted by Crippen LogP contribution is 2.40. The number of anilines is 4. The standard InChI is InChI=1S/C21H22N8O/c1-27(2)19-11-14(5-7-24-19)16-3-4-17-20(25-16)29(15-6-10-28(17)13-15)21(30)26-18-12-22-8-9-23-18/h3-5,7-9,11-12,15H,6,10,13H2,1-2H3,(H,23,26,30)/t15-/m0/s1. The predicted molar refractivity (Wildman–Crippen MR) is 116 cm³/mol. The summed E-state index contributed by atoms with van der Waals surface area (Å²) in [6.45, 7) is 1.72. The Morgan fingerprint density at radius 2 is 2.07 bits per heavy atom. The summed E-state index contributed by atoms with van der Waals surface area (Å²) in [6, 6.07) is 7.82. The third kappa shape index (κ3) is 3.18. The molecule has 1 atom stereocenters. The van der Waals surface area contributed by atoms with E-state index in [1.54, 1.807) is 23.5 Å². The molecule has 1 fully saturated rings. The first kappa shape index (κ1) is 18.3. The molecule has 2 amide bonds. The first-order chi connectivity index (χ1) is 14.6. The van der Waals surface area contributed by atoms with Crippen LogP contribution in [0.2, 0.25) is 0 Å². The molecule has 0 unspecified atom stereocenters. The minimum Gasteiger partial charge on any atom is -0.366 e. The third-order valence-electron chi connectivity index (χ3n) is 5.47. The average molecular weight is 402 g/mol. The Morgan fingerprint density at radius 3 is 2.87 bits per heavy atom. The van der Waals surface area contributed by atoms with Gasteiger partial charge in [0.2, 0.25) is 0 Å². The number of urea groups is 1. The van der Waals surface area contributed by atoms with Crippen molar-refractivity contribution in [3.05, 3.63) is 49.1 Å². The fraction of sp³-hybridized carbons (Fsp3) is 0.286. The largest absolute Gasteiger partial charge is 0.366 e. The first-order valence-electron chi connectivity index (χ1n) is 9.86. The molecule has 5 rings (SSSR count). The average Bonchev–Trinajstić information content (AvgIpc) is 3.18. The van der Waals surface area contributed by atoms with Crippen LogP contribution in [0.4, 0.5) is 27.9 Å². The van der Waals surface area contributed by atoms with Crippen LogP contribution in [-0.4, -0.2) is 59.2 Å². The van der Waals surface area contributed by atoms with Crippen LogP contribution >= 0.6 is 0 Å². The summed E-state index contributed by atoms with van der Waals surface area (Å²) in [7, 11) is 3.91. The van der Waals surface area contributed by atoms with Crippen molar-refractivity contribution < 1.29 is 4.79 Å². The van der Waals surface area contributed by atoms with Gasteiger partial charge in [0.1, 0.15) is 5.82 Å². The van der Waals surface area contributed by atoms with Crippen molar-refractivity contribution in [1.29, 1.82) is 0 Å². The van der Waals surface area contributed by atoms with Gasteiger partial charge in [0.25, 0.3) is 0 Å². The van der Waals surface area contributed by atoms with E-state index in [4.69, 9.17) is 4.98 Å². The molecule has 9 nitrogen and oxygen atoms in total. The molecule has 0 saturated carbocycles. The van der Waals surface area contributed by atoms with Crippen molar-refractivity contribution in [2.24, 2.45) is 0 Å². The van der Waals surface area contributed by atoms with Crippen LogP contribution in [-0.2, 0) is 0 Å². The van der Waals surface area contributed by atoms with Gasteiger partial charge in [-0.25, -0.2) is 19.7 Å². The number of aromatic nitrogens is 4. The second kappa shape index (κ2) is 7.25. The zero-order chi connectivity index (χ0) is 20.7. The highest BCUT2D eigenvalue weighted by atomic mass is 16.2. The molecule has 9 heteroatoms. The maximum Gasteiger partial charge on any atom is 0.329 e. The van der Waals surface area contributed by atoms with E-state index in [0.717, 1.165) is 42.3 Å². The highest BCUT2D eigenvalue weighted by Gasteiger charge is 2.40. The minimum absolute atomic E-state index is 0.0756. The van der Waals surface area contributed by atoms with E-state index in [1.165, 1.54) is 6.20 Å². The maximum absolute atomic E-state index is 13.2. The van der Waals surface area contributed by atoms with Gasteiger partial charge in [-0.05, 0) is 30.7 Å². The molecule has 3 aromatic rings. The predicted octanol–water partition coefficient (Wildman–Crippen LogP) is 2.63. The smallest absolute Gasteiger partial charge is 0.329 e. The van der Waals surface area contributed by atoms with Crippen LogP contribution in [0.25, 0.3) is 11.3 Å². The molecule has 30 heavy (non-hydrogen) atoms. The number of carbonyl (C=O) groups excluding carboxylic acids is 1. The zero-order valence-electron chi connectivity index (χ0n) is 16.9. The molecule has 5 heterocycles. The van der Waals surface area contributed by atoms with Crippen LogP contribution in [0.1, 0.15) is 6.42 Å². The number of hydrogen-bond acceptors (Lipinski definition) is 7. The summed E-state index contributed by atoms with van der Waals surface area (Å²) in [5.41, 5.74) is 2.74. The number of fused-ring (bicyclic) bond motifs is 4. The van der Waals surface area contributed by atoms with E-state index >= 15 is 0 Å². The van der Waals surface area contributed by atoms with Gasteiger partial charge in [0, 0.05) is 51.3 Å². The molecular weight excluding hydrogens is 380 g/mol. The Labute approximate surface area is 174 Å². The van der Waals surface area contributed by atoms with Crippen molar-refractivity contribution in [2.45, 2.75) is 12.5 Å². The molecule has 1 saturated heterocycles. The van der Waals surface area contributed by atoms with Crippen molar-refractivity contribution in [3.8, 4) is 11.3 Å². The summed E-state index contributed by atoms with van der Waals surface area (Å²) in [4.78, 5) is 36.7. The summed E-state index contributed by atoms with van der Waals surface area (Å²) in [5.74, 6) is 1.95. The SMILES string of the molecule is CN(C)c1cc(-c2ccc3c(n2)N(C(=O)Nc2cnccn2)[C@H]2CCN3C2)ccn1. The molecule has 2 aliphatic heterocycles. The number of carbonyl (C=O) groups is 1. The zero-order valence-corrected chi connectivity index (χ0v) is 16.9. The minimum atomic E-state index is -0.239. The van der Waals surface area contributed by atoms with Gasteiger partial charge in [-0.2, -0.15) is 0 Å². The molecule has 2 bridgehead atoms. The van der Waals surface area contributed by atoms with Crippen LogP contribution in [0.3, 0.4) is 0 Å². The van der Waals surface area contributed by atoms with Gasteiger partial charge in [-0.1, -0.05) is 0 Å². The number of amides is 2. The van der Waals surface area contributed by atoms with Crippen LogP contribution in [0.15, 0.2) is 49.1 Å². The summed E-state index contributed by atoms with van der Waals surface area (Å²) < 4.78 is 0. The van der Waals surface area contributed by atoms with E-state index in [1.807, 2.05) is 37.2 Å². The van der Waals surface area contributed by atoms with Crippen molar-refractivity contribution in [3.63, 3.8) is 0 Å². The molecule has 0 aliphatic carbocycles. The number of nitrogens with one attached hydrogen (secondary N) is 1. The van der Waals surface area contributed by atoms with Crippen LogP contribution in [0, 0.1) is 0 Å². The van der Waals surface area contributed by atoms with E-state index in [9.17, 15) is 4.79 Å². The maximum atomic E-state index is 13.2. The highest BCUT2D eigenvalue weighted by molar-refractivity contribution is 6.04. The van der Waals surface area contributed by atoms with E-state index in [-0.39, 0.29) is 12.1 Å². The fourth-order valence-corrected chi connectivity index (χ4v) is 3.99. The number of nitrogens with zero attached hydrogens (tertiary/aromatic N) is 7. The molecule has 1 N–H and O–H groups in total. The molecule has 0 radical (unpaired) electrons. The Balaban J connectivity index is 1.53. The van der Waals surface area contributed by atoms with Gasteiger partial charge < -0.3 is 9.80 Å². The van der Waals surface area contributed by atoms with E-state index in [2.05, 4.69) is 31.2 Å². The molecule has 152 valence electrons. The number of pyridine rings is 2. The summed E-state index contributed by atoms with van der Waals surface area (Å²) in [6.07, 6.45) is 7.34. The number of hydrogen-bond donors (Lipinski definition) is 1. The fourth-order valence-electron chi connectivity index (χ4n) is 3.99. The lowest BCUT2D eigenvalue weighted by atomic mass is 10.1. The van der Waals surface area contributed by atoms with Gasteiger partial charge >= 0.3 is 6.03 Å². The molecule has 0 spiro atoms. The Morgan fingerprint density at radius 1 is 1.17 bits per heavy atom. The molecule has 2 aliphatic rings. The van der Waals surface area contributed by atoms with Crippen molar-refractivity contribution >= 4 is 29.2 Å². The topological polar surface area (TPSA) is 90.4 Å². The molecule has 0 aromatic carbocycles. The van der Waals surface area contributed by atoms with E-state index in [0.29, 0.717) is 11.6 Å². The Bertz CT molecular complexity index is 1090. The summed E-state index contributed by atoms with van der Waals surface area (Å²) in [5, 5.41) is 2.86. The molecule has 3 aromatic heterocycles. The Hall–Kier alpha value is -3.75. The summed E-state index contributed by atoms with van der Waals surface area (Å²) >= 11 is 0. The number of rotatable bonds is 3. The lowest BCUT2D eigenvalue weighted by molar-refractivity contribution is 0.254. The van der Waals surface area contributed by atoms with Crippen LogP contribution in [0.5, 0.6) is 0 Å².